The molecule has 4 nitrogen and oxygen atoms in total. The van der Waals surface area contributed by atoms with Crippen LogP contribution in [0.1, 0.15) is 13.3 Å². The molecule has 0 aromatic carbocycles. The minimum Gasteiger partial charge on any atom is -0.338 e. The molecule has 2 heterocycles. The average molecular weight is 192 g/mol. The largest absolute Gasteiger partial charge is 0.338 e. The Morgan fingerprint density at radius 2 is 2.21 bits per heavy atom. The second-order valence-electron chi connectivity index (χ2n) is 3.89. The van der Waals surface area contributed by atoms with Gasteiger partial charge in [0.05, 0.1) is 0 Å². The zero-order chi connectivity index (χ0) is 9.97. The highest BCUT2D eigenvalue weighted by atomic mass is 15.3. The number of hydrogen-bond donors (Lipinski definition) is 1. The van der Waals surface area contributed by atoms with Gasteiger partial charge in [0.15, 0.2) is 0 Å². The third-order valence-corrected chi connectivity index (χ3v) is 2.80. The van der Waals surface area contributed by atoms with Gasteiger partial charge in [0.25, 0.3) is 0 Å². The molecule has 0 bridgehead atoms. The lowest BCUT2D eigenvalue weighted by atomic mass is 10.1. The Hall–Kier alpha value is -1.16. The van der Waals surface area contributed by atoms with Crippen LogP contribution >= 0.6 is 0 Å². The van der Waals surface area contributed by atoms with Gasteiger partial charge in [-0.2, -0.15) is 0 Å². The molecular formula is C10H16N4. The summed E-state index contributed by atoms with van der Waals surface area (Å²) in [7, 11) is 0. The second kappa shape index (κ2) is 3.92. The highest BCUT2D eigenvalue weighted by molar-refractivity contribution is 5.32. The third-order valence-electron chi connectivity index (χ3n) is 2.80. The summed E-state index contributed by atoms with van der Waals surface area (Å²) >= 11 is 0. The van der Waals surface area contributed by atoms with Gasteiger partial charge in [-0.05, 0) is 31.9 Å². The van der Waals surface area contributed by atoms with Crippen molar-refractivity contribution in [1.82, 2.24) is 9.97 Å². The van der Waals surface area contributed by atoms with Crippen LogP contribution in [0.15, 0.2) is 18.5 Å². The summed E-state index contributed by atoms with van der Waals surface area (Å²) in [6.07, 6.45) is 4.71. The van der Waals surface area contributed by atoms with Crippen LogP contribution in [0.25, 0.3) is 0 Å². The van der Waals surface area contributed by atoms with E-state index in [0.29, 0.717) is 12.0 Å². The van der Waals surface area contributed by atoms with E-state index in [1.807, 2.05) is 6.07 Å². The normalized spacial score (nSPS) is 26.9. The molecule has 0 saturated carbocycles. The van der Waals surface area contributed by atoms with E-state index in [1.54, 1.807) is 12.4 Å². The van der Waals surface area contributed by atoms with Gasteiger partial charge in [0, 0.05) is 25.0 Å². The quantitative estimate of drug-likeness (QED) is 0.747. The van der Waals surface area contributed by atoms with Crippen LogP contribution in [-0.2, 0) is 0 Å². The van der Waals surface area contributed by atoms with Crippen molar-refractivity contribution in [2.24, 2.45) is 11.7 Å². The lowest BCUT2D eigenvalue weighted by molar-refractivity contribution is 0.579. The molecule has 14 heavy (non-hydrogen) atoms. The van der Waals surface area contributed by atoms with Gasteiger partial charge >= 0.3 is 0 Å². The van der Waals surface area contributed by atoms with Crippen LogP contribution < -0.4 is 10.6 Å². The summed E-state index contributed by atoms with van der Waals surface area (Å²) in [6.45, 7) is 3.95. The Kier molecular flexibility index (Phi) is 2.63. The van der Waals surface area contributed by atoms with Gasteiger partial charge < -0.3 is 10.6 Å². The van der Waals surface area contributed by atoms with Crippen LogP contribution in [0.5, 0.6) is 0 Å². The van der Waals surface area contributed by atoms with Crippen molar-refractivity contribution in [3.63, 3.8) is 0 Å². The highest BCUT2D eigenvalue weighted by Crippen LogP contribution is 2.25. The van der Waals surface area contributed by atoms with E-state index in [9.17, 15) is 0 Å². The standard InChI is InChI=1S/C10H16N4/c1-8-5-9(6-11)7-14(8)10-12-3-2-4-13-10/h2-4,8-9H,5-7,11H2,1H3. The van der Waals surface area contributed by atoms with E-state index >= 15 is 0 Å². The number of nitrogens with two attached hydrogens (primary N) is 1. The second-order valence-corrected chi connectivity index (χ2v) is 3.89. The van der Waals surface area contributed by atoms with Gasteiger partial charge in [-0.15, -0.1) is 0 Å². The van der Waals surface area contributed by atoms with E-state index < -0.39 is 0 Å². The maximum Gasteiger partial charge on any atom is 0.225 e. The fourth-order valence-corrected chi connectivity index (χ4v) is 2.03. The van der Waals surface area contributed by atoms with Crippen LogP contribution in [0, 0.1) is 5.92 Å². The SMILES string of the molecule is CC1CC(CN)CN1c1ncccn1. The predicted molar refractivity (Wildman–Crippen MR) is 56.0 cm³/mol. The smallest absolute Gasteiger partial charge is 0.225 e. The number of anilines is 1. The molecule has 1 saturated heterocycles. The van der Waals surface area contributed by atoms with Crippen molar-refractivity contribution in [1.29, 1.82) is 0 Å². The predicted octanol–water partition coefficient (Wildman–Crippen LogP) is 0.650. The molecule has 1 fully saturated rings. The van der Waals surface area contributed by atoms with Crippen molar-refractivity contribution < 1.29 is 0 Å². The first kappa shape index (κ1) is 9.40. The summed E-state index contributed by atoms with van der Waals surface area (Å²) in [6, 6.07) is 2.34. The lowest BCUT2D eigenvalue weighted by Gasteiger charge is -2.20. The lowest BCUT2D eigenvalue weighted by Crippen LogP contribution is -2.29. The Balaban J connectivity index is 2.13. The van der Waals surface area contributed by atoms with Crippen LogP contribution in [0.2, 0.25) is 0 Å². The Morgan fingerprint density at radius 3 is 2.79 bits per heavy atom. The average Bonchev–Trinajstić information content (AvgIpc) is 2.61. The zero-order valence-electron chi connectivity index (χ0n) is 8.43. The van der Waals surface area contributed by atoms with Crippen molar-refractivity contribution >= 4 is 5.95 Å². The first-order chi connectivity index (χ1) is 6.81. The van der Waals surface area contributed by atoms with Gasteiger partial charge in [-0.25, -0.2) is 9.97 Å². The maximum atomic E-state index is 5.67. The van der Waals surface area contributed by atoms with Crippen molar-refractivity contribution in [2.75, 3.05) is 18.0 Å². The highest BCUT2D eigenvalue weighted by Gasteiger charge is 2.29. The molecule has 76 valence electrons. The number of nitrogens with zero attached hydrogens (tertiary/aromatic N) is 3. The van der Waals surface area contributed by atoms with Crippen molar-refractivity contribution in [3.8, 4) is 0 Å². The molecule has 0 radical (unpaired) electrons. The van der Waals surface area contributed by atoms with Gasteiger partial charge in [0.2, 0.25) is 5.95 Å². The van der Waals surface area contributed by atoms with E-state index in [1.165, 1.54) is 0 Å². The van der Waals surface area contributed by atoms with Gasteiger partial charge in [0.1, 0.15) is 0 Å². The number of rotatable bonds is 2. The summed E-state index contributed by atoms with van der Waals surface area (Å²) in [5.74, 6) is 1.42. The molecule has 1 aliphatic heterocycles. The molecule has 1 aromatic rings. The van der Waals surface area contributed by atoms with Crippen molar-refractivity contribution in [3.05, 3.63) is 18.5 Å². The van der Waals surface area contributed by atoms with Crippen LogP contribution in [0.3, 0.4) is 0 Å². The molecule has 1 aliphatic rings. The van der Waals surface area contributed by atoms with E-state index in [0.717, 1.165) is 25.5 Å². The fourth-order valence-electron chi connectivity index (χ4n) is 2.03. The molecule has 0 aliphatic carbocycles. The summed E-state index contributed by atoms with van der Waals surface area (Å²) in [5.41, 5.74) is 5.67. The Labute approximate surface area is 84.2 Å². The molecule has 2 unspecified atom stereocenters. The van der Waals surface area contributed by atoms with Gasteiger partial charge in [-0.1, -0.05) is 0 Å². The molecule has 0 spiro atoms. The summed E-state index contributed by atoms with van der Waals surface area (Å²) < 4.78 is 0. The minimum absolute atomic E-state index is 0.506. The molecule has 2 N–H and O–H groups in total. The third kappa shape index (κ3) is 1.70. The molecule has 2 atom stereocenters. The van der Waals surface area contributed by atoms with Crippen LogP contribution in [-0.4, -0.2) is 29.1 Å². The first-order valence-corrected chi connectivity index (χ1v) is 5.05. The summed E-state index contributed by atoms with van der Waals surface area (Å²) in [5, 5.41) is 0. The van der Waals surface area contributed by atoms with Crippen LogP contribution in [0.4, 0.5) is 5.95 Å². The molecule has 4 heteroatoms. The van der Waals surface area contributed by atoms with Gasteiger partial charge in [-0.3, -0.25) is 0 Å². The Bertz CT molecular complexity index is 287. The fraction of sp³-hybridized carbons (Fsp3) is 0.600. The van der Waals surface area contributed by atoms with E-state index in [4.69, 9.17) is 5.73 Å². The van der Waals surface area contributed by atoms with Crippen molar-refractivity contribution in [2.45, 2.75) is 19.4 Å². The molecule has 0 amide bonds. The number of hydrogen-bond acceptors (Lipinski definition) is 4. The topological polar surface area (TPSA) is 55.0 Å². The summed E-state index contributed by atoms with van der Waals surface area (Å²) in [4.78, 5) is 10.7. The van der Waals surface area contributed by atoms with E-state index in [-0.39, 0.29) is 0 Å². The Morgan fingerprint density at radius 1 is 1.50 bits per heavy atom. The zero-order valence-corrected chi connectivity index (χ0v) is 8.43. The molecule has 1 aromatic heterocycles. The first-order valence-electron chi connectivity index (χ1n) is 5.05. The number of aromatic nitrogens is 2. The van der Waals surface area contributed by atoms with E-state index in [2.05, 4.69) is 21.8 Å². The molecular weight excluding hydrogens is 176 g/mol. The maximum absolute atomic E-state index is 5.67. The minimum atomic E-state index is 0.506. The molecule has 2 rings (SSSR count). The monoisotopic (exact) mass is 192 g/mol.